The number of imide groups is 1. The van der Waals surface area contributed by atoms with Gasteiger partial charge in [0, 0.05) is 6.54 Å². The summed E-state index contributed by atoms with van der Waals surface area (Å²) >= 11 is 0. The van der Waals surface area contributed by atoms with Gasteiger partial charge in [0.25, 0.3) is 5.91 Å². The van der Waals surface area contributed by atoms with Crippen molar-refractivity contribution in [1.82, 2.24) is 15.5 Å². The van der Waals surface area contributed by atoms with Gasteiger partial charge < -0.3 is 10.6 Å². The molecule has 2 N–H and O–H groups in total. The average molecular weight is 351 g/mol. The van der Waals surface area contributed by atoms with Crippen LogP contribution in [0.1, 0.15) is 23.6 Å². The number of carbonyl (C=O) groups is 3. The highest BCUT2D eigenvalue weighted by molar-refractivity contribution is 6.09. The normalized spacial score (nSPS) is 19.4. The Morgan fingerprint density at radius 3 is 2.38 bits per heavy atom. The summed E-state index contributed by atoms with van der Waals surface area (Å²) in [6, 6.07) is 16.2. The molecule has 0 radical (unpaired) electrons. The van der Waals surface area contributed by atoms with Gasteiger partial charge in [-0.25, -0.2) is 4.79 Å². The molecule has 3 rings (SSSR count). The van der Waals surface area contributed by atoms with Crippen molar-refractivity contribution in [2.75, 3.05) is 6.54 Å². The molecule has 134 valence electrons. The maximum absolute atomic E-state index is 12.7. The summed E-state index contributed by atoms with van der Waals surface area (Å²) in [5.74, 6) is -0.814. The molecule has 0 saturated carbocycles. The van der Waals surface area contributed by atoms with Crippen LogP contribution in [-0.4, -0.2) is 29.3 Å². The van der Waals surface area contributed by atoms with Gasteiger partial charge in [0.15, 0.2) is 0 Å². The van der Waals surface area contributed by atoms with E-state index < -0.39 is 17.5 Å². The summed E-state index contributed by atoms with van der Waals surface area (Å²) < 4.78 is 0. The van der Waals surface area contributed by atoms with Crippen LogP contribution >= 0.6 is 0 Å². The summed E-state index contributed by atoms with van der Waals surface area (Å²) in [4.78, 5) is 38.1. The van der Waals surface area contributed by atoms with E-state index in [1.54, 1.807) is 31.2 Å². The van der Waals surface area contributed by atoms with Gasteiger partial charge in [0.2, 0.25) is 5.91 Å². The van der Waals surface area contributed by atoms with Crippen LogP contribution in [0.25, 0.3) is 0 Å². The van der Waals surface area contributed by atoms with Crippen molar-refractivity contribution in [2.24, 2.45) is 0 Å². The number of hydrogen-bond donors (Lipinski definition) is 2. The number of benzene rings is 2. The molecule has 2 aromatic carbocycles. The van der Waals surface area contributed by atoms with E-state index in [1.165, 1.54) is 0 Å². The van der Waals surface area contributed by atoms with Gasteiger partial charge in [-0.05, 0) is 25.0 Å². The van der Waals surface area contributed by atoms with E-state index in [9.17, 15) is 14.4 Å². The first-order valence-corrected chi connectivity index (χ1v) is 8.42. The van der Waals surface area contributed by atoms with Gasteiger partial charge in [-0.2, -0.15) is 0 Å². The van der Waals surface area contributed by atoms with Crippen LogP contribution in [-0.2, 0) is 21.7 Å². The van der Waals surface area contributed by atoms with Gasteiger partial charge in [0.1, 0.15) is 12.1 Å². The Labute approximate surface area is 152 Å². The fourth-order valence-corrected chi connectivity index (χ4v) is 2.91. The summed E-state index contributed by atoms with van der Waals surface area (Å²) in [5, 5.41) is 5.43. The van der Waals surface area contributed by atoms with Gasteiger partial charge in [-0.3, -0.25) is 14.5 Å². The number of nitrogens with one attached hydrogen (secondary N) is 2. The Bertz CT molecular complexity index is 833. The third-order valence-corrected chi connectivity index (χ3v) is 4.54. The quantitative estimate of drug-likeness (QED) is 0.810. The van der Waals surface area contributed by atoms with Crippen molar-refractivity contribution in [3.8, 4) is 0 Å². The minimum Gasteiger partial charge on any atom is -0.350 e. The molecule has 0 aliphatic carbocycles. The Kier molecular flexibility index (Phi) is 4.75. The second-order valence-corrected chi connectivity index (χ2v) is 6.57. The topological polar surface area (TPSA) is 78.5 Å². The van der Waals surface area contributed by atoms with Gasteiger partial charge in [-0.1, -0.05) is 60.2 Å². The van der Waals surface area contributed by atoms with Gasteiger partial charge >= 0.3 is 6.03 Å². The Hall–Kier alpha value is -3.15. The molecule has 26 heavy (non-hydrogen) atoms. The van der Waals surface area contributed by atoms with E-state index >= 15 is 0 Å². The zero-order valence-electron chi connectivity index (χ0n) is 14.8. The predicted molar refractivity (Wildman–Crippen MR) is 97.1 cm³/mol. The van der Waals surface area contributed by atoms with E-state index in [2.05, 4.69) is 10.6 Å². The van der Waals surface area contributed by atoms with Gasteiger partial charge in [-0.15, -0.1) is 0 Å². The first kappa shape index (κ1) is 17.7. The first-order chi connectivity index (χ1) is 12.4. The lowest BCUT2D eigenvalue weighted by molar-refractivity contribution is -0.134. The molecule has 1 fully saturated rings. The molecule has 4 amide bonds. The minimum absolute atomic E-state index is 0.307. The van der Waals surface area contributed by atoms with E-state index in [4.69, 9.17) is 0 Å². The smallest absolute Gasteiger partial charge is 0.325 e. The molecule has 0 spiro atoms. The number of nitrogens with zero attached hydrogens (tertiary/aromatic N) is 1. The molecule has 6 nitrogen and oxygen atoms in total. The number of rotatable bonds is 5. The first-order valence-electron chi connectivity index (χ1n) is 8.42. The summed E-state index contributed by atoms with van der Waals surface area (Å²) in [6.07, 6.45) is 0. The molecular weight excluding hydrogens is 330 g/mol. The Morgan fingerprint density at radius 2 is 1.73 bits per heavy atom. The van der Waals surface area contributed by atoms with Crippen LogP contribution in [0.15, 0.2) is 54.6 Å². The van der Waals surface area contributed by atoms with Crippen molar-refractivity contribution in [3.05, 3.63) is 71.3 Å². The van der Waals surface area contributed by atoms with Crippen LogP contribution in [0.4, 0.5) is 4.79 Å². The highest BCUT2D eigenvalue weighted by Gasteiger charge is 2.49. The van der Waals surface area contributed by atoms with Crippen LogP contribution in [0.3, 0.4) is 0 Å². The zero-order chi connectivity index (χ0) is 18.7. The molecule has 0 unspecified atom stereocenters. The molecule has 2 aromatic rings. The minimum atomic E-state index is -1.16. The monoisotopic (exact) mass is 351 g/mol. The number of amides is 4. The molecule has 0 bridgehead atoms. The molecule has 6 heteroatoms. The average Bonchev–Trinajstić information content (AvgIpc) is 2.86. The Morgan fingerprint density at radius 1 is 1.08 bits per heavy atom. The van der Waals surface area contributed by atoms with Gasteiger partial charge in [0.05, 0.1) is 0 Å². The van der Waals surface area contributed by atoms with E-state index in [1.807, 2.05) is 37.3 Å². The maximum atomic E-state index is 12.7. The van der Waals surface area contributed by atoms with E-state index in [-0.39, 0.29) is 12.5 Å². The second kappa shape index (κ2) is 7.00. The lowest BCUT2D eigenvalue weighted by Gasteiger charge is -2.22. The van der Waals surface area contributed by atoms with Crippen LogP contribution in [0, 0.1) is 6.92 Å². The molecular formula is C20H21N3O3. The highest BCUT2D eigenvalue weighted by Crippen LogP contribution is 2.28. The second-order valence-electron chi connectivity index (χ2n) is 6.57. The lowest BCUT2D eigenvalue weighted by Crippen LogP contribution is -2.43. The third kappa shape index (κ3) is 3.44. The highest BCUT2D eigenvalue weighted by atomic mass is 16.2. The number of aryl methyl sites for hydroxylation is 1. The summed E-state index contributed by atoms with van der Waals surface area (Å²) in [6.45, 7) is 3.67. The Balaban J connectivity index is 1.64. The van der Waals surface area contributed by atoms with Crippen molar-refractivity contribution in [2.45, 2.75) is 25.9 Å². The number of carbonyl (C=O) groups excluding carboxylic acids is 3. The number of hydrogen-bond acceptors (Lipinski definition) is 3. The van der Waals surface area contributed by atoms with E-state index in [0.717, 1.165) is 16.0 Å². The molecule has 1 saturated heterocycles. The van der Waals surface area contributed by atoms with E-state index in [0.29, 0.717) is 12.1 Å². The molecule has 1 atom stereocenters. The SMILES string of the molecule is Cc1ccc(CNC(=O)CN2C(=O)N[C@](C)(c3ccccc3)C2=O)cc1. The van der Waals surface area contributed by atoms with Crippen molar-refractivity contribution in [1.29, 1.82) is 0 Å². The van der Waals surface area contributed by atoms with Crippen molar-refractivity contribution < 1.29 is 14.4 Å². The predicted octanol–water partition coefficient (Wildman–Crippen LogP) is 2.08. The van der Waals surface area contributed by atoms with Crippen LogP contribution < -0.4 is 10.6 Å². The third-order valence-electron chi connectivity index (χ3n) is 4.54. The molecule has 1 heterocycles. The van der Waals surface area contributed by atoms with Crippen LogP contribution in [0.2, 0.25) is 0 Å². The standard InChI is InChI=1S/C20H21N3O3/c1-14-8-10-15(11-9-14)12-21-17(24)13-23-18(25)20(2,22-19(23)26)16-6-4-3-5-7-16/h3-11H,12-13H2,1-2H3,(H,21,24)(H,22,26)/t20-/m1/s1. The van der Waals surface area contributed by atoms with Crippen molar-refractivity contribution in [3.63, 3.8) is 0 Å². The fourth-order valence-electron chi connectivity index (χ4n) is 2.91. The largest absolute Gasteiger partial charge is 0.350 e. The van der Waals surface area contributed by atoms with Crippen molar-refractivity contribution >= 4 is 17.8 Å². The number of urea groups is 1. The summed E-state index contributed by atoms with van der Waals surface area (Å²) in [7, 11) is 0. The molecule has 0 aromatic heterocycles. The lowest BCUT2D eigenvalue weighted by atomic mass is 9.92. The molecule has 1 aliphatic rings. The zero-order valence-corrected chi connectivity index (χ0v) is 14.8. The summed E-state index contributed by atoms with van der Waals surface area (Å²) in [5.41, 5.74) is 1.62. The fraction of sp³-hybridized carbons (Fsp3) is 0.250. The molecule has 1 aliphatic heterocycles. The maximum Gasteiger partial charge on any atom is 0.325 e. The van der Waals surface area contributed by atoms with Crippen LogP contribution in [0.5, 0.6) is 0 Å².